The molecule has 0 radical (unpaired) electrons. The second-order valence-electron chi connectivity index (χ2n) is 3.37. The van der Waals surface area contributed by atoms with E-state index in [9.17, 15) is 9.59 Å². The van der Waals surface area contributed by atoms with Crippen LogP contribution in [0.2, 0.25) is 0 Å². The van der Waals surface area contributed by atoms with Crippen molar-refractivity contribution in [2.75, 3.05) is 6.61 Å². The van der Waals surface area contributed by atoms with E-state index >= 15 is 0 Å². The smallest absolute Gasteiger partial charge is 0.332 e. The van der Waals surface area contributed by atoms with Crippen LogP contribution in [0.25, 0.3) is 6.08 Å². The first-order valence-electron chi connectivity index (χ1n) is 5.28. The van der Waals surface area contributed by atoms with E-state index in [4.69, 9.17) is 9.84 Å². The predicted molar refractivity (Wildman–Crippen MR) is 63.3 cm³/mol. The third-order valence-electron chi connectivity index (χ3n) is 2.06. The van der Waals surface area contributed by atoms with Gasteiger partial charge in [0.1, 0.15) is 0 Å². The summed E-state index contributed by atoms with van der Waals surface area (Å²) in [5, 5.41) is 8.98. The van der Waals surface area contributed by atoms with Crippen LogP contribution in [0.4, 0.5) is 0 Å². The highest BCUT2D eigenvalue weighted by atomic mass is 16.5. The number of ether oxygens (including phenoxy) is 1. The summed E-state index contributed by atoms with van der Waals surface area (Å²) in [4.78, 5) is 22.2. The fourth-order valence-corrected chi connectivity index (χ4v) is 1.31. The van der Waals surface area contributed by atoms with Crippen molar-refractivity contribution in [3.05, 3.63) is 41.5 Å². The SMILES string of the molecule is CCOC(=O)CC(=Cc1ccccc1)C(=O)O. The van der Waals surface area contributed by atoms with Gasteiger partial charge >= 0.3 is 11.9 Å². The molecule has 0 saturated carbocycles. The topological polar surface area (TPSA) is 63.6 Å². The zero-order valence-corrected chi connectivity index (χ0v) is 9.55. The molecule has 4 heteroatoms. The summed E-state index contributed by atoms with van der Waals surface area (Å²) in [7, 11) is 0. The third kappa shape index (κ3) is 4.51. The van der Waals surface area contributed by atoms with Crippen LogP contribution in [-0.2, 0) is 14.3 Å². The Kier molecular flexibility index (Phi) is 4.94. The molecular formula is C13H14O4. The van der Waals surface area contributed by atoms with E-state index in [1.165, 1.54) is 6.08 Å². The van der Waals surface area contributed by atoms with Gasteiger partial charge in [-0.3, -0.25) is 4.79 Å². The van der Waals surface area contributed by atoms with Crippen molar-refractivity contribution in [2.45, 2.75) is 13.3 Å². The van der Waals surface area contributed by atoms with E-state index in [0.29, 0.717) is 0 Å². The zero-order chi connectivity index (χ0) is 12.7. The standard InChI is InChI=1S/C13H14O4/c1-2-17-12(14)9-11(13(15)16)8-10-6-4-3-5-7-10/h3-8H,2,9H2,1H3,(H,15,16). The number of esters is 1. The van der Waals surface area contributed by atoms with Gasteiger partial charge in [0.2, 0.25) is 0 Å². The van der Waals surface area contributed by atoms with Gasteiger partial charge in [0, 0.05) is 5.57 Å². The van der Waals surface area contributed by atoms with Gasteiger partial charge in [-0.1, -0.05) is 30.3 Å². The molecule has 0 saturated heterocycles. The number of carboxylic acid groups (broad SMARTS) is 1. The molecule has 0 unspecified atom stereocenters. The molecule has 0 aliphatic rings. The summed E-state index contributed by atoms with van der Waals surface area (Å²) in [6.07, 6.45) is 1.25. The van der Waals surface area contributed by atoms with E-state index in [1.807, 2.05) is 6.07 Å². The minimum atomic E-state index is -1.11. The summed E-state index contributed by atoms with van der Waals surface area (Å²) in [6.45, 7) is 1.93. The lowest BCUT2D eigenvalue weighted by atomic mass is 10.1. The molecule has 1 N–H and O–H groups in total. The summed E-state index contributed by atoms with van der Waals surface area (Å²) in [5.41, 5.74) is 0.767. The molecule has 17 heavy (non-hydrogen) atoms. The second kappa shape index (κ2) is 6.48. The molecular weight excluding hydrogens is 220 g/mol. The largest absolute Gasteiger partial charge is 0.478 e. The molecule has 1 aromatic rings. The number of hydrogen-bond donors (Lipinski definition) is 1. The van der Waals surface area contributed by atoms with Gasteiger partial charge in [0.25, 0.3) is 0 Å². The van der Waals surface area contributed by atoms with Crippen molar-refractivity contribution in [1.29, 1.82) is 0 Å². The Morgan fingerprint density at radius 3 is 2.47 bits per heavy atom. The minimum absolute atomic E-state index is 0.0228. The van der Waals surface area contributed by atoms with Gasteiger partial charge < -0.3 is 9.84 Å². The summed E-state index contributed by atoms with van der Waals surface area (Å²) < 4.78 is 4.72. The van der Waals surface area contributed by atoms with E-state index in [1.54, 1.807) is 31.2 Å². The van der Waals surface area contributed by atoms with Gasteiger partial charge in [-0.25, -0.2) is 4.79 Å². The van der Waals surface area contributed by atoms with E-state index in [-0.39, 0.29) is 18.6 Å². The minimum Gasteiger partial charge on any atom is -0.478 e. The van der Waals surface area contributed by atoms with Crippen LogP contribution in [0.5, 0.6) is 0 Å². The maximum Gasteiger partial charge on any atom is 0.332 e. The normalized spacial score (nSPS) is 11.0. The molecule has 0 heterocycles. The number of carbonyl (C=O) groups excluding carboxylic acids is 1. The Balaban J connectivity index is 2.83. The average Bonchev–Trinajstić information content (AvgIpc) is 2.29. The van der Waals surface area contributed by atoms with Crippen molar-refractivity contribution >= 4 is 18.0 Å². The molecule has 1 aromatic carbocycles. The lowest BCUT2D eigenvalue weighted by Crippen LogP contribution is -2.10. The number of carboxylic acids is 1. The highest BCUT2D eigenvalue weighted by Crippen LogP contribution is 2.11. The highest BCUT2D eigenvalue weighted by Gasteiger charge is 2.13. The fourth-order valence-electron chi connectivity index (χ4n) is 1.31. The molecule has 0 aliphatic carbocycles. The Morgan fingerprint density at radius 2 is 1.94 bits per heavy atom. The number of hydrogen-bond acceptors (Lipinski definition) is 3. The molecule has 0 fully saturated rings. The average molecular weight is 234 g/mol. The Hall–Kier alpha value is -2.10. The lowest BCUT2D eigenvalue weighted by Gasteiger charge is -2.03. The van der Waals surface area contributed by atoms with Crippen LogP contribution in [0.1, 0.15) is 18.9 Å². The van der Waals surface area contributed by atoms with Crippen LogP contribution in [0.3, 0.4) is 0 Å². The molecule has 0 bridgehead atoms. The first kappa shape index (κ1) is 13.0. The molecule has 0 spiro atoms. The first-order valence-corrected chi connectivity index (χ1v) is 5.28. The third-order valence-corrected chi connectivity index (χ3v) is 2.06. The van der Waals surface area contributed by atoms with Gasteiger partial charge in [-0.15, -0.1) is 0 Å². The van der Waals surface area contributed by atoms with Crippen molar-refractivity contribution in [2.24, 2.45) is 0 Å². The summed E-state index contributed by atoms with van der Waals surface area (Å²) in [5.74, 6) is -1.64. The maximum absolute atomic E-state index is 11.2. The van der Waals surface area contributed by atoms with Crippen LogP contribution < -0.4 is 0 Å². The second-order valence-corrected chi connectivity index (χ2v) is 3.37. The van der Waals surface area contributed by atoms with Gasteiger partial charge in [0.15, 0.2) is 0 Å². The van der Waals surface area contributed by atoms with Crippen molar-refractivity contribution in [1.82, 2.24) is 0 Å². The van der Waals surface area contributed by atoms with E-state index in [0.717, 1.165) is 5.56 Å². The Morgan fingerprint density at radius 1 is 1.29 bits per heavy atom. The molecule has 0 atom stereocenters. The Bertz CT molecular complexity index is 420. The van der Waals surface area contributed by atoms with E-state index in [2.05, 4.69) is 0 Å². The zero-order valence-electron chi connectivity index (χ0n) is 9.55. The van der Waals surface area contributed by atoms with Gasteiger partial charge in [0.05, 0.1) is 13.0 Å². The van der Waals surface area contributed by atoms with Crippen LogP contribution in [0, 0.1) is 0 Å². The van der Waals surface area contributed by atoms with Crippen LogP contribution in [0.15, 0.2) is 35.9 Å². The van der Waals surface area contributed by atoms with Crippen molar-refractivity contribution in [3.8, 4) is 0 Å². The maximum atomic E-state index is 11.2. The molecule has 0 aliphatic heterocycles. The number of rotatable bonds is 5. The molecule has 1 rings (SSSR count). The monoisotopic (exact) mass is 234 g/mol. The summed E-state index contributed by atoms with van der Waals surface area (Å²) in [6, 6.07) is 8.98. The molecule has 4 nitrogen and oxygen atoms in total. The summed E-state index contributed by atoms with van der Waals surface area (Å²) >= 11 is 0. The number of aliphatic carboxylic acids is 1. The molecule has 90 valence electrons. The fraction of sp³-hybridized carbons (Fsp3) is 0.231. The van der Waals surface area contributed by atoms with Crippen molar-refractivity contribution < 1.29 is 19.4 Å². The van der Waals surface area contributed by atoms with Crippen LogP contribution in [-0.4, -0.2) is 23.7 Å². The number of benzene rings is 1. The van der Waals surface area contributed by atoms with Gasteiger partial charge in [-0.05, 0) is 18.6 Å². The van der Waals surface area contributed by atoms with Gasteiger partial charge in [-0.2, -0.15) is 0 Å². The van der Waals surface area contributed by atoms with Crippen molar-refractivity contribution in [3.63, 3.8) is 0 Å². The molecule has 0 amide bonds. The van der Waals surface area contributed by atoms with E-state index < -0.39 is 11.9 Å². The Labute approximate surface area is 99.5 Å². The first-order chi connectivity index (χ1) is 8.13. The predicted octanol–water partition coefficient (Wildman–Crippen LogP) is 2.11. The quantitative estimate of drug-likeness (QED) is 0.626. The highest BCUT2D eigenvalue weighted by molar-refractivity contribution is 5.97. The lowest BCUT2D eigenvalue weighted by molar-refractivity contribution is -0.144. The molecule has 0 aromatic heterocycles. The van der Waals surface area contributed by atoms with Crippen LogP contribution >= 0.6 is 0 Å². The number of carbonyl (C=O) groups is 2.